The van der Waals surface area contributed by atoms with E-state index in [1.54, 1.807) is 37.4 Å². The van der Waals surface area contributed by atoms with Crippen LogP contribution in [0.25, 0.3) is 10.9 Å². The minimum Gasteiger partial charge on any atom is -0.462 e. The van der Waals surface area contributed by atoms with Crippen molar-refractivity contribution in [3.63, 3.8) is 0 Å². The van der Waals surface area contributed by atoms with Crippen LogP contribution in [-0.4, -0.2) is 38.8 Å². The molecule has 2 aromatic rings. The number of aromatic nitrogens is 1. The predicted molar refractivity (Wildman–Crippen MR) is 95.2 cm³/mol. The van der Waals surface area contributed by atoms with E-state index in [9.17, 15) is 13.2 Å². The number of carbonyl (C=O) groups is 1. The molecule has 0 aliphatic carbocycles. The summed E-state index contributed by atoms with van der Waals surface area (Å²) in [5, 5.41) is 0.715. The fraction of sp³-hybridized carbons (Fsp3) is 0.438. The summed E-state index contributed by atoms with van der Waals surface area (Å²) in [6.45, 7) is 8.52. The van der Waals surface area contributed by atoms with Crippen molar-refractivity contribution in [3.05, 3.63) is 36.0 Å². The van der Waals surface area contributed by atoms with E-state index in [-0.39, 0.29) is 5.75 Å². The first-order valence-electron chi connectivity index (χ1n) is 7.65. The fourth-order valence-corrected chi connectivity index (χ4v) is 6.62. The van der Waals surface area contributed by atoms with Crippen LogP contribution in [0.15, 0.2) is 30.5 Å². The third-order valence-electron chi connectivity index (χ3n) is 3.58. The van der Waals surface area contributed by atoms with E-state index in [1.807, 2.05) is 0 Å². The van der Waals surface area contributed by atoms with Crippen molar-refractivity contribution >= 4 is 35.0 Å². The number of fused-ring (bicyclic) bond motifs is 1. The Bertz CT molecular complexity index is 818. The van der Waals surface area contributed by atoms with E-state index in [4.69, 9.17) is 4.74 Å². The molecule has 1 heterocycles. The molecule has 0 spiro atoms. The van der Waals surface area contributed by atoms with E-state index < -0.39 is 24.1 Å². The molecule has 0 saturated carbocycles. The van der Waals surface area contributed by atoms with Gasteiger partial charge in [0.05, 0.1) is 23.4 Å². The zero-order chi connectivity index (χ0) is 17.3. The molecule has 0 N–H and O–H groups in total. The van der Waals surface area contributed by atoms with Crippen molar-refractivity contribution in [1.29, 1.82) is 0 Å². The second-order valence-corrected chi connectivity index (χ2v) is 14.3. The molecule has 0 fully saturated rings. The Hall–Kier alpha value is -1.60. The smallest absolute Gasteiger partial charge is 0.338 e. The second-order valence-electron chi connectivity index (χ2n) is 6.73. The lowest BCUT2D eigenvalue weighted by Gasteiger charge is -2.16. The van der Waals surface area contributed by atoms with Gasteiger partial charge in [0, 0.05) is 19.7 Å². The van der Waals surface area contributed by atoms with Crippen LogP contribution in [0, 0.1) is 0 Å². The lowest BCUT2D eigenvalue weighted by atomic mass is 10.1. The Labute approximate surface area is 138 Å². The Balaban J connectivity index is 2.35. The van der Waals surface area contributed by atoms with Gasteiger partial charge in [0.2, 0.25) is 10.0 Å². The highest BCUT2D eigenvalue weighted by Crippen LogP contribution is 2.21. The van der Waals surface area contributed by atoms with Crippen LogP contribution >= 0.6 is 0 Å². The van der Waals surface area contributed by atoms with E-state index >= 15 is 0 Å². The molecule has 23 heavy (non-hydrogen) atoms. The molecule has 0 bridgehead atoms. The van der Waals surface area contributed by atoms with E-state index in [2.05, 4.69) is 19.6 Å². The first-order valence-corrected chi connectivity index (χ1v) is 13.0. The number of nitrogens with zero attached hydrogens (tertiary/aromatic N) is 1. The molecule has 0 aliphatic heterocycles. The van der Waals surface area contributed by atoms with Gasteiger partial charge in [0.25, 0.3) is 0 Å². The normalized spacial score (nSPS) is 12.5. The molecule has 0 unspecified atom stereocenters. The van der Waals surface area contributed by atoms with Gasteiger partial charge in [-0.2, -0.15) is 0 Å². The number of benzene rings is 1. The molecule has 5 nitrogen and oxygen atoms in total. The number of hydrogen-bond acceptors (Lipinski definition) is 4. The van der Waals surface area contributed by atoms with Gasteiger partial charge in [-0.15, -0.1) is 0 Å². The summed E-state index contributed by atoms with van der Waals surface area (Å²) in [6.07, 6.45) is 1.55. The minimum absolute atomic E-state index is 0.145. The molecule has 2 rings (SSSR count). The van der Waals surface area contributed by atoms with Gasteiger partial charge in [-0.05, 0) is 37.2 Å². The first kappa shape index (κ1) is 17.7. The highest BCUT2D eigenvalue weighted by molar-refractivity contribution is 7.90. The molecule has 0 amide bonds. The maximum absolute atomic E-state index is 12.6. The average Bonchev–Trinajstić information content (AvgIpc) is 2.88. The van der Waals surface area contributed by atoms with Gasteiger partial charge in [-0.25, -0.2) is 17.2 Å². The summed E-state index contributed by atoms with van der Waals surface area (Å²) in [5.74, 6) is -0.254. The van der Waals surface area contributed by atoms with Crippen molar-refractivity contribution in [3.8, 4) is 0 Å². The van der Waals surface area contributed by atoms with Gasteiger partial charge in [0.1, 0.15) is 0 Å². The monoisotopic (exact) mass is 353 g/mol. The molecule has 0 saturated heterocycles. The predicted octanol–water partition coefficient (Wildman–Crippen LogP) is 3.33. The zero-order valence-corrected chi connectivity index (χ0v) is 15.8. The number of hydrogen-bond donors (Lipinski definition) is 0. The fourth-order valence-electron chi connectivity index (χ4n) is 2.23. The highest BCUT2D eigenvalue weighted by Gasteiger charge is 2.21. The van der Waals surface area contributed by atoms with Crippen LogP contribution in [0.4, 0.5) is 0 Å². The minimum atomic E-state index is -3.38. The van der Waals surface area contributed by atoms with Gasteiger partial charge in [-0.3, -0.25) is 0 Å². The van der Waals surface area contributed by atoms with Crippen LogP contribution < -0.4 is 0 Å². The third-order valence-corrected chi connectivity index (χ3v) is 7.33. The maximum atomic E-state index is 12.6. The summed E-state index contributed by atoms with van der Waals surface area (Å²) < 4.78 is 31.4. The zero-order valence-electron chi connectivity index (χ0n) is 14.0. The Morgan fingerprint density at radius 3 is 2.52 bits per heavy atom. The SMILES string of the molecule is CCOC(=O)c1ccc2c(ccn2S(=O)(=O)CC[Si](C)(C)C)c1. The molecular formula is C16H23NO4SSi. The Morgan fingerprint density at radius 2 is 1.91 bits per heavy atom. The van der Waals surface area contributed by atoms with Crippen molar-refractivity contribution in [2.24, 2.45) is 0 Å². The highest BCUT2D eigenvalue weighted by atomic mass is 32.2. The van der Waals surface area contributed by atoms with Crippen molar-refractivity contribution in [2.45, 2.75) is 32.6 Å². The summed E-state index contributed by atoms with van der Waals surface area (Å²) >= 11 is 0. The standard InChI is InChI=1S/C16H23NO4SSi/c1-5-21-16(18)14-6-7-15-13(12-14)8-9-17(15)22(19,20)10-11-23(2,3)4/h6-9,12H,5,10-11H2,1-4H3. The van der Waals surface area contributed by atoms with Gasteiger partial charge in [0.15, 0.2) is 0 Å². The molecule has 0 aliphatic rings. The topological polar surface area (TPSA) is 65.4 Å². The van der Waals surface area contributed by atoms with Crippen LogP contribution in [0.2, 0.25) is 25.7 Å². The lowest BCUT2D eigenvalue weighted by Crippen LogP contribution is -2.26. The molecule has 0 radical (unpaired) electrons. The van der Waals surface area contributed by atoms with Crippen molar-refractivity contribution < 1.29 is 17.9 Å². The molecule has 0 atom stereocenters. The van der Waals surface area contributed by atoms with Crippen LogP contribution in [0.5, 0.6) is 0 Å². The molecule has 1 aromatic carbocycles. The summed E-state index contributed by atoms with van der Waals surface area (Å²) in [6, 6.07) is 7.36. The molecule has 1 aromatic heterocycles. The lowest BCUT2D eigenvalue weighted by molar-refractivity contribution is 0.0526. The quantitative estimate of drug-likeness (QED) is 0.590. The summed E-state index contributed by atoms with van der Waals surface area (Å²) in [5.41, 5.74) is 1.02. The number of ether oxygens (including phenoxy) is 1. The second kappa shape index (κ2) is 6.49. The van der Waals surface area contributed by atoms with Crippen LogP contribution in [-0.2, 0) is 14.8 Å². The number of esters is 1. The van der Waals surface area contributed by atoms with Crippen molar-refractivity contribution in [2.75, 3.05) is 12.4 Å². The number of rotatable bonds is 6. The average molecular weight is 354 g/mol. The largest absolute Gasteiger partial charge is 0.462 e. The van der Waals surface area contributed by atoms with Crippen LogP contribution in [0.1, 0.15) is 17.3 Å². The van der Waals surface area contributed by atoms with E-state index in [1.165, 1.54) is 3.97 Å². The Morgan fingerprint density at radius 1 is 1.22 bits per heavy atom. The van der Waals surface area contributed by atoms with Crippen molar-refractivity contribution in [1.82, 2.24) is 3.97 Å². The first-order chi connectivity index (χ1) is 10.6. The summed E-state index contributed by atoms with van der Waals surface area (Å²) in [7, 11) is -4.82. The van der Waals surface area contributed by atoms with E-state index in [0.717, 1.165) is 6.04 Å². The maximum Gasteiger partial charge on any atom is 0.338 e. The van der Waals surface area contributed by atoms with E-state index in [0.29, 0.717) is 23.1 Å². The molecular weight excluding hydrogens is 330 g/mol. The summed E-state index contributed by atoms with van der Waals surface area (Å²) in [4.78, 5) is 11.8. The van der Waals surface area contributed by atoms with Gasteiger partial charge in [-0.1, -0.05) is 19.6 Å². The van der Waals surface area contributed by atoms with Gasteiger partial charge < -0.3 is 4.74 Å². The van der Waals surface area contributed by atoms with Gasteiger partial charge >= 0.3 is 5.97 Å². The van der Waals surface area contributed by atoms with Crippen LogP contribution in [0.3, 0.4) is 0 Å². The molecule has 7 heteroatoms. The molecule has 126 valence electrons. The number of carbonyl (C=O) groups excluding carboxylic acids is 1. The Kier molecular flexibility index (Phi) is 5.00. The third kappa shape index (κ3) is 4.23.